The molecule has 0 spiro atoms. The van der Waals surface area contributed by atoms with E-state index in [1.54, 1.807) is 19.2 Å². The average molecular weight is 338 g/mol. The van der Waals surface area contributed by atoms with Gasteiger partial charge in [-0.25, -0.2) is 4.39 Å². The first kappa shape index (κ1) is 15.0. The van der Waals surface area contributed by atoms with E-state index in [1.807, 2.05) is 24.3 Å². The number of benzene rings is 2. The molecular formula is C16H17BrFNO. The van der Waals surface area contributed by atoms with Crippen LogP contribution in [0.25, 0.3) is 0 Å². The number of hydrogen-bond acceptors (Lipinski definition) is 2. The molecule has 2 rings (SSSR count). The molecule has 2 N–H and O–H groups in total. The van der Waals surface area contributed by atoms with Gasteiger partial charge in [0.2, 0.25) is 0 Å². The van der Waals surface area contributed by atoms with Crippen LogP contribution in [0.5, 0.6) is 5.75 Å². The molecule has 106 valence electrons. The Morgan fingerprint density at radius 1 is 1.25 bits per heavy atom. The fraction of sp³-hybridized carbons (Fsp3) is 0.250. The van der Waals surface area contributed by atoms with Crippen molar-refractivity contribution in [2.75, 3.05) is 13.7 Å². The Labute approximate surface area is 126 Å². The minimum absolute atomic E-state index is 0.0638. The van der Waals surface area contributed by atoms with Gasteiger partial charge >= 0.3 is 0 Å². The Morgan fingerprint density at radius 2 is 2.05 bits per heavy atom. The maximum atomic E-state index is 13.3. The van der Waals surface area contributed by atoms with Gasteiger partial charge in [-0.1, -0.05) is 28.1 Å². The van der Waals surface area contributed by atoms with E-state index >= 15 is 0 Å². The summed E-state index contributed by atoms with van der Waals surface area (Å²) < 4.78 is 19.7. The lowest BCUT2D eigenvalue weighted by atomic mass is 9.91. The summed E-state index contributed by atoms with van der Waals surface area (Å²) >= 11 is 3.46. The predicted octanol–water partition coefficient (Wildman–Crippen LogP) is 3.88. The Kier molecular flexibility index (Phi) is 5.15. The molecule has 0 heterocycles. The first-order chi connectivity index (χ1) is 9.63. The van der Waals surface area contributed by atoms with Crippen molar-refractivity contribution in [3.63, 3.8) is 0 Å². The minimum atomic E-state index is -0.234. The van der Waals surface area contributed by atoms with Crippen LogP contribution in [0.1, 0.15) is 17.0 Å². The van der Waals surface area contributed by atoms with Gasteiger partial charge in [-0.05, 0) is 54.4 Å². The molecule has 0 saturated carbocycles. The number of hydrogen-bond donors (Lipinski definition) is 1. The van der Waals surface area contributed by atoms with Crippen molar-refractivity contribution >= 4 is 15.9 Å². The van der Waals surface area contributed by atoms with Crippen LogP contribution in [0.15, 0.2) is 46.9 Å². The Balaban J connectivity index is 2.28. The van der Waals surface area contributed by atoms with Crippen molar-refractivity contribution in [3.05, 3.63) is 63.9 Å². The zero-order valence-electron chi connectivity index (χ0n) is 11.3. The van der Waals surface area contributed by atoms with Crippen LogP contribution >= 0.6 is 15.9 Å². The van der Waals surface area contributed by atoms with E-state index in [9.17, 15) is 4.39 Å². The summed E-state index contributed by atoms with van der Waals surface area (Å²) in [6, 6.07) is 12.5. The third-order valence-electron chi connectivity index (χ3n) is 3.31. The lowest BCUT2D eigenvalue weighted by Gasteiger charge is -2.17. The maximum Gasteiger partial charge on any atom is 0.123 e. The summed E-state index contributed by atoms with van der Waals surface area (Å²) in [6.45, 7) is 0.457. The molecule has 0 amide bonds. The molecule has 1 unspecified atom stereocenters. The van der Waals surface area contributed by atoms with Crippen LogP contribution in [0.3, 0.4) is 0 Å². The van der Waals surface area contributed by atoms with E-state index in [0.717, 1.165) is 21.3 Å². The molecule has 2 nitrogen and oxygen atoms in total. The first-order valence-corrected chi connectivity index (χ1v) is 7.21. The fourth-order valence-corrected chi connectivity index (χ4v) is 2.68. The summed E-state index contributed by atoms with van der Waals surface area (Å²) in [7, 11) is 1.65. The van der Waals surface area contributed by atoms with Crippen molar-refractivity contribution in [3.8, 4) is 5.75 Å². The van der Waals surface area contributed by atoms with Crippen LogP contribution in [-0.2, 0) is 6.42 Å². The third-order valence-corrected chi connectivity index (χ3v) is 3.81. The van der Waals surface area contributed by atoms with E-state index < -0.39 is 0 Å². The third kappa shape index (κ3) is 3.58. The van der Waals surface area contributed by atoms with Gasteiger partial charge in [0, 0.05) is 10.4 Å². The van der Waals surface area contributed by atoms with Gasteiger partial charge in [0.1, 0.15) is 11.6 Å². The quantitative estimate of drug-likeness (QED) is 0.898. The molecule has 0 bridgehead atoms. The smallest absolute Gasteiger partial charge is 0.123 e. The number of halogens is 2. The lowest BCUT2D eigenvalue weighted by Crippen LogP contribution is -2.15. The standard InChI is InChI=1S/C16H17BrFNO/c1-20-16-6-5-14(17)8-12(16)7-13(10-19)11-3-2-4-15(18)9-11/h2-6,8-9,13H,7,10,19H2,1H3. The molecule has 2 aromatic carbocycles. The monoisotopic (exact) mass is 337 g/mol. The van der Waals surface area contributed by atoms with Gasteiger partial charge in [-0.2, -0.15) is 0 Å². The van der Waals surface area contributed by atoms with Crippen molar-refractivity contribution < 1.29 is 9.13 Å². The van der Waals surface area contributed by atoms with Crippen molar-refractivity contribution in [2.24, 2.45) is 5.73 Å². The molecule has 20 heavy (non-hydrogen) atoms. The normalized spacial score (nSPS) is 12.2. The second-order valence-electron chi connectivity index (χ2n) is 4.65. The highest BCUT2D eigenvalue weighted by molar-refractivity contribution is 9.10. The van der Waals surface area contributed by atoms with E-state index in [0.29, 0.717) is 13.0 Å². The number of methoxy groups -OCH3 is 1. The van der Waals surface area contributed by atoms with Gasteiger partial charge in [-0.3, -0.25) is 0 Å². The van der Waals surface area contributed by atoms with Gasteiger partial charge in [0.05, 0.1) is 7.11 Å². The molecule has 4 heteroatoms. The highest BCUT2D eigenvalue weighted by atomic mass is 79.9. The minimum Gasteiger partial charge on any atom is -0.496 e. The number of nitrogens with two attached hydrogens (primary N) is 1. The Bertz CT molecular complexity index is 588. The molecule has 0 aliphatic carbocycles. The van der Waals surface area contributed by atoms with Crippen molar-refractivity contribution in [1.29, 1.82) is 0 Å². The fourth-order valence-electron chi connectivity index (χ4n) is 2.27. The summed E-state index contributed by atoms with van der Waals surface area (Å²) in [6.07, 6.45) is 0.711. The number of rotatable bonds is 5. The zero-order valence-corrected chi connectivity index (χ0v) is 12.9. The van der Waals surface area contributed by atoms with Crippen LogP contribution in [0.4, 0.5) is 4.39 Å². The van der Waals surface area contributed by atoms with Crippen LogP contribution in [-0.4, -0.2) is 13.7 Å². The molecule has 0 aliphatic rings. The summed E-state index contributed by atoms with van der Waals surface area (Å²) in [5, 5.41) is 0. The van der Waals surface area contributed by atoms with Crippen molar-refractivity contribution in [1.82, 2.24) is 0 Å². The van der Waals surface area contributed by atoms with E-state index in [4.69, 9.17) is 10.5 Å². The van der Waals surface area contributed by atoms with Crippen LogP contribution < -0.4 is 10.5 Å². The molecule has 0 saturated heterocycles. The van der Waals surface area contributed by atoms with Gasteiger partial charge in [0.15, 0.2) is 0 Å². The maximum absolute atomic E-state index is 13.3. The largest absolute Gasteiger partial charge is 0.496 e. The molecule has 1 atom stereocenters. The Morgan fingerprint density at radius 3 is 2.70 bits per heavy atom. The lowest BCUT2D eigenvalue weighted by molar-refractivity contribution is 0.408. The van der Waals surface area contributed by atoms with Gasteiger partial charge in [-0.15, -0.1) is 0 Å². The van der Waals surface area contributed by atoms with Crippen LogP contribution in [0.2, 0.25) is 0 Å². The average Bonchev–Trinajstić information content (AvgIpc) is 2.45. The topological polar surface area (TPSA) is 35.2 Å². The zero-order chi connectivity index (χ0) is 14.5. The summed E-state index contributed by atoms with van der Waals surface area (Å²) in [5.74, 6) is 0.652. The first-order valence-electron chi connectivity index (χ1n) is 6.42. The van der Waals surface area contributed by atoms with Crippen LogP contribution in [0, 0.1) is 5.82 Å². The second-order valence-corrected chi connectivity index (χ2v) is 5.56. The Hall–Kier alpha value is -1.39. The van der Waals surface area contributed by atoms with Gasteiger partial charge in [0.25, 0.3) is 0 Å². The number of ether oxygens (including phenoxy) is 1. The van der Waals surface area contributed by atoms with Gasteiger partial charge < -0.3 is 10.5 Å². The highest BCUT2D eigenvalue weighted by Crippen LogP contribution is 2.28. The van der Waals surface area contributed by atoms with E-state index in [2.05, 4.69) is 15.9 Å². The molecule has 0 fully saturated rings. The van der Waals surface area contributed by atoms with E-state index in [-0.39, 0.29) is 11.7 Å². The summed E-state index contributed by atoms with van der Waals surface area (Å²) in [4.78, 5) is 0. The molecule has 0 aliphatic heterocycles. The molecule has 2 aromatic rings. The molecule has 0 radical (unpaired) electrons. The second kappa shape index (κ2) is 6.86. The summed E-state index contributed by atoms with van der Waals surface area (Å²) in [5.41, 5.74) is 7.83. The van der Waals surface area contributed by atoms with Crippen molar-refractivity contribution in [2.45, 2.75) is 12.3 Å². The SMILES string of the molecule is COc1ccc(Br)cc1CC(CN)c1cccc(F)c1. The molecule has 0 aromatic heterocycles. The molecular weight excluding hydrogens is 321 g/mol. The van der Waals surface area contributed by atoms with E-state index in [1.165, 1.54) is 6.07 Å². The highest BCUT2D eigenvalue weighted by Gasteiger charge is 2.14. The predicted molar refractivity (Wildman–Crippen MR) is 82.6 cm³/mol.